The maximum absolute atomic E-state index is 13.2. The quantitative estimate of drug-likeness (QED) is 0.608. The van der Waals surface area contributed by atoms with Crippen LogP contribution in [0.4, 0.5) is 0 Å². The lowest BCUT2D eigenvalue weighted by Crippen LogP contribution is -2.37. The zero-order valence-corrected chi connectivity index (χ0v) is 17.7. The van der Waals surface area contributed by atoms with Crippen molar-refractivity contribution in [1.29, 1.82) is 0 Å². The van der Waals surface area contributed by atoms with E-state index in [2.05, 4.69) is 4.90 Å². The molecule has 0 radical (unpaired) electrons. The van der Waals surface area contributed by atoms with Gasteiger partial charge in [0.05, 0.1) is 24.2 Å². The molecule has 0 bridgehead atoms. The van der Waals surface area contributed by atoms with Crippen molar-refractivity contribution in [1.82, 2.24) is 4.90 Å². The van der Waals surface area contributed by atoms with Crippen LogP contribution in [0.1, 0.15) is 24.2 Å². The topological polar surface area (TPSA) is 70.4 Å². The van der Waals surface area contributed by atoms with Gasteiger partial charge in [0, 0.05) is 19.7 Å². The summed E-state index contributed by atoms with van der Waals surface area (Å²) in [4.78, 5) is 15.4. The number of ether oxygens (including phenoxy) is 4. The zero-order chi connectivity index (χ0) is 21.4. The fraction of sp³-hybridized carbons (Fsp3) is 0.375. The normalized spacial score (nSPS) is 18.6. The van der Waals surface area contributed by atoms with E-state index >= 15 is 0 Å². The first kappa shape index (κ1) is 19.9. The summed E-state index contributed by atoms with van der Waals surface area (Å²) < 4.78 is 28.9. The first-order valence-corrected chi connectivity index (χ1v) is 10.5. The predicted octanol–water partition coefficient (Wildman–Crippen LogP) is 4.23. The van der Waals surface area contributed by atoms with E-state index in [1.54, 1.807) is 44.4 Å². The van der Waals surface area contributed by atoms with Gasteiger partial charge in [-0.25, -0.2) is 0 Å². The Labute approximate surface area is 180 Å². The molecule has 31 heavy (non-hydrogen) atoms. The number of hydrogen-bond donors (Lipinski definition) is 0. The molecule has 0 spiro atoms. The Morgan fingerprint density at radius 3 is 2.68 bits per heavy atom. The molecule has 5 rings (SSSR count). The molecule has 1 atom stereocenters. The van der Waals surface area contributed by atoms with Gasteiger partial charge in [-0.2, -0.15) is 0 Å². The molecule has 7 heteroatoms. The molecule has 2 aliphatic heterocycles. The maximum Gasteiger partial charge on any atom is 0.235 e. The van der Waals surface area contributed by atoms with Gasteiger partial charge in [0.15, 0.2) is 0 Å². The van der Waals surface area contributed by atoms with Crippen LogP contribution in [0.2, 0.25) is 0 Å². The van der Waals surface area contributed by atoms with Crippen molar-refractivity contribution in [2.24, 2.45) is 0 Å². The van der Waals surface area contributed by atoms with Crippen molar-refractivity contribution in [3.8, 4) is 23.0 Å². The van der Waals surface area contributed by atoms with Crippen molar-refractivity contribution in [3.63, 3.8) is 0 Å². The summed E-state index contributed by atoms with van der Waals surface area (Å²) in [5.41, 5.74) is 1.24. The molecule has 3 aromatic rings. The fourth-order valence-electron chi connectivity index (χ4n) is 4.18. The van der Waals surface area contributed by atoms with Gasteiger partial charge in [-0.1, -0.05) is 0 Å². The molecule has 0 N–H and O–H groups in total. The minimum atomic E-state index is -0.200. The Balaban J connectivity index is 1.47. The van der Waals surface area contributed by atoms with Crippen LogP contribution in [-0.2, 0) is 11.3 Å². The summed E-state index contributed by atoms with van der Waals surface area (Å²) in [7, 11) is 1.60. The third kappa shape index (κ3) is 3.86. The highest BCUT2D eigenvalue weighted by Gasteiger charge is 2.27. The van der Waals surface area contributed by atoms with Crippen LogP contribution in [0.5, 0.6) is 23.0 Å². The Morgan fingerprint density at radius 1 is 1.13 bits per heavy atom. The second-order valence-corrected chi connectivity index (χ2v) is 7.93. The van der Waals surface area contributed by atoms with Gasteiger partial charge < -0.3 is 23.4 Å². The number of nitrogens with zero attached hydrogens (tertiary/aromatic N) is 1. The maximum atomic E-state index is 13.2. The van der Waals surface area contributed by atoms with Crippen LogP contribution in [-0.4, -0.2) is 38.0 Å². The van der Waals surface area contributed by atoms with E-state index < -0.39 is 0 Å². The van der Waals surface area contributed by atoms with Crippen LogP contribution in [0, 0.1) is 6.92 Å². The molecule has 2 aromatic carbocycles. The molecule has 1 aromatic heterocycles. The largest absolute Gasteiger partial charge is 0.497 e. The van der Waals surface area contributed by atoms with Crippen molar-refractivity contribution < 1.29 is 23.4 Å². The lowest BCUT2D eigenvalue weighted by atomic mass is 10.1. The molecule has 162 valence electrons. The molecule has 1 fully saturated rings. The van der Waals surface area contributed by atoms with Crippen molar-refractivity contribution in [2.75, 3.05) is 27.0 Å². The van der Waals surface area contributed by atoms with Gasteiger partial charge in [0.2, 0.25) is 11.2 Å². The van der Waals surface area contributed by atoms with Crippen molar-refractivity contribution in [3.05, 3.63) is 57.9 Å². The molecule has 1 saturated heterocycles. The third-order valence-corrected chi connectivity index (χ3v) is 5.79. The van der Waals surface area contributed by atoms with Crippen LogP contribution in [0.3, 0.4) is 0 Å². The average molecular weight is 423 g/mol. The van der Waals surface area contributed by atoms with Crippen molar-refractivity contribution in [2.45, 2.75) is 32.4 Å². The summed E-state index contributed by atoms with van der Waals surface area (Å²) in [5.74, 6) is 2.62. The molecule has 0 amide bonds. The number of aryl methyl sites for hydroxylation is 1. The van der Waals surface area contributed by atoms with E-state index in [-0.39, 0.29) is 17.3 Å². The van der Waals surface area contributed by atoms with Crippen LogP contribution in [0.15, 0.2) is 45.6 Å². The Hall–Kier alpha value is -3.03. The fourth-order valence-corrected chi connectivity index (χ4v) is 4.18. The summed E-state index contributed by atoms with van der Waals surface area (Å²) in [6, 6.07) is 10.7. The molecular weight excluding hydrogens is 398 g/mol. The van der Waals surface area contributed by atoms with E-state index in [9.17, 15) is 4.79 Å². The van der Waals surface area contributed by atoms with E-state index in [0.717, 1.165) is 37.3 Å². The Kier molecular flexibility index (Phi) is 5.29. The van der Waals surface area contributed by atoms with E-state index in [1.807, 2.05) is 6.07 Å². The highest BCUT2D eigenvalue weighted by molar-refractivity contribution is 5.83. The van der Waals surface area contributed by atoms with Gasteiger partial charge in [-0.05, 0) is 56.2 Å². The van der Waals surface area contributed by atoms with Crippen LogP contribution >= 0.6 is 0 Å². The van der Waals surface area contributed by atoms with Gasteiger partial charge in [0.1, 0.15) is 35.3 Å². The zero-order valence-electron chi connectivity index (χ0n) is 17.7. The summed E-state index contributed by atoms with van der Waals surface area (Å²) >= 11 is 0. The molecule has 7 nitrogen and oxygen atoms in total. The first-order valence-electron chi connectivity index (χ1n) is 10.5. The highest BCUT2D eigenvalue weighted by Crippen LogP contribution is 2.34. The molecule has 0 aliphatic carbocycles. The van der Waals surface area contributed by atoms with E-state index in [4.69, 9.17) is 23.4 Å². The molecule has 2 aliphatic rings. The second-order valence-electron chi connectivity index (χ2n) is 7.93. The number of methoxy groups -OCH3 is 1. The summed E-state index contributed by atoms with van der Waals surface area (Å²) in [5, 5.41) is 0.482. The smallest absolute Gasteiger partial charge is 0.235 e. The van der Waals surface area contributed by atoms with Gasteiger partial charge in [-0.15, -0.1) is 0 Å². The standard InChI is InChI=1S/C24H25NO6/c1-15-23(31-17-7-5-16(27-2)6-8-17)22(26)19-9-10-21-20(24(19)30-15)13-25(14-29-21)12-18-4-3-11-28-18/h5-10,18H,3-4,11-14H2,1-2H3. The molecule has 0 saturated carbocycles. The molecule has 1 unspecified atom stereocenters. The van der Waals surface area contributed by atoms with Gasteiger partial charge in [0.25, 0.3) is 0 Å². The SMILES string of the molecule is COc1ccc(Oc2c(C)oc3c4c(ccc3c2=O)OCN(CC2CCCO2)C4)cc1. The number of fused-ring (bicyclic) bond motifs is 3. The number of benzene rings is 2. The minimum Gasteiger partial charge on any atom is -0.497 e. The third-order valence-electron chi connectivity index (χ3n) is 5.79. The second kappa shape index (κ2) is 8.24. The lowest BCUT2D eigenvalue weighted by molar-refractivity contribution is 0.0281. The highest BCUT2D eigenvalue weighted by atomic mass is 16.5. The Bertz CT molecular complexity index is 1150. The van der Waals surface area contributed by atoms with E-state index in [0.29, 0.717) is 41.5 Å². The average Bonchev–Trinajstić information content (AvgIpc) is 3.30. The first-order chi connectivity index (χ1) is 15.1. The summed E-state index contributed by atoms with van der Waals surface area (Å²) in [6.45, 7) is 4.52. The molecular formula is C24H25NO6. The van der Waals surface area contributed by atoms with Gasteiger partial charge >= 0.3 is 0 Å². The summed E-state index contributed by atoms with van der Waals surface area (Å²) in [6.07, 6.45) is 2.40. The van der Waals surface area contributed by atoms with E-state index in [1.165, 1.54) is 0 Å². The van der Waals surface area contributed by atoms with Crippen molar-refractivity contribution >= 4 is 11.0 Å². The number of hydrogen-bond acceptors (Lipinski definition) is 7. The number of rotatable bonds is 5. The monoisotopic (exact) mass is 423 g/mol. The van der Waals surface area contributed by atoms with Crippen LogP contribution in [0.25, 0.3) is 11.0 Å². The Morgan fingerprint density at radius 2 is 1.94 bits per heavy atom. The van der Waals surface area contributed by atoms with Gasteiger partial charge in [-0.3, -0.25) is 9.69 Å². The molecule has 3 heterocycles. The predicted molar refractivity (Wildman–Crippen MR) is 115 cm³/mol. The minimum absolute atomic E-state index is 0.186. The lowest BCUT2D eigenvalue weighted by Gasteiger charge is -2.30. The van der Waals surface area contributed by atoms with Crippen LogP contribution < -0.4 is 19.6 Å².